The Kier molecular flexibility index (Phi) is 3.71. The molecule has 13 heavy (non-hydrogen) atoms. The summed E-state index contributed by atoms with van der Waals surface area (Å²) in [5.41, 5.74) is 5.67. The van der Waals surface area contributed by atoms with Gasteiger partial charge in [-0.25, -0.2) is 0 Å². The fourth-order valence-corrected chi connectivity index (χ4v) is 2.39. The zero-order valence-corrected chi connectivity index (χ0v) is 8.62. The van der Waals surface area contributed by atoms with Crippen molar-refractivity contribution in [2.45, 2.75) is 32.3 Å². The molecule has 1 aliphatic rings. The molecule has 0 aromatic carbocycles. The van der Waals surface area contributed by atoms with Gasteiger partial charge in [0.1, 0.15) is 0 Å². The average molecular weight is 187 g/mol. The van der Waals surface area contributed by atoms with Gasteiger partial charge in [-0.2, -0.15) is 0 Å². The van der Waals surface area contributed by atoms with Gasteiger partial charge in [0.25, 0.3) is 0 Å². The highest BCUT2D eigenvalue weighted by atomic mass is 16.5. The number of rotatable bonds is 4. The Balaban J connectivity index is 2.59. The monoisotopic (exact) mass is 187 g/mol. The van der Waals surface area contributed by atoms with E-state index in [0.29, 0.717) is 19.1 Å². The fraction of sp³-hybridized carbons (Fsp3) is 1.00. The van der Waals surface area contributed by atoms with Crippen molar-refractivity contribution in [2.24, 2.45) is 17.1 Å². The van der Waals surface area contributed by atoms with Crippen molar-refractivity contribution in [3.05, 3.63) is 0 Å². The quantitative estimate of drug-likeness (QED) is 0.683. The van der Waals surface area contributed by atoms with Crippen LogP contribution in [0.25, 0.3) is 0 Å². The molecule has 0 bridgehead atoms. The van der Waals surface area contributed by atoms with E-state index in [1.54, 1.807) is 7.11 Å². The van der Waals surface area contributed by atoms with E-state index in [9.17, 15) is 5.11 Å². The predicted octanol–water partition coefficient (Wildman–Crippen LogP) is 0.759. The van der Waals surface area contributed by atoms with Crippen LogP contribution in [-0.2, 0) is 4.74 Å². The topological polar surface area (TPSA) is 55.5 Å². The molecule has 3 nitrogen and oxygen atoms in total. The Morgan fingerprint density at radius 1 is 1.69 bits per heavy atom. The molecule has 0 amide bonds. The molecule has 3 N–H and O–H groups in total. The lowest BCUT2D eigenvalue weighted by Crippen LogP contribution is -2.42. The summed E-state index contributed by atoms with van der Waals surface area (Å²) in [6.45, 7) is 3.20. The van der Waals surface area contributed by atoms with E-state index < -0.39 is 6.10 Å². The van der Waals surface area contributed by atoms with Gasteiger partial charge >= 0.3 is 0 Å². The van der Waals surface area contributed by atoms with Crippen molar-refractivity contribution in [3.63, 3.8) is 0 Å². The minimum atomic E-state index is -0.396. The Bertz CT molecular complexity index is 163. The molecule has 0 radical (unpaired) electrons. The molecular formula is C10H21NO2. The van der Waals surface area contributed by atoms with E-state index in [-0.39, 0.29) is 5.41 Å². The zero-order chi connectivity index (χ0) is 9.90. The first-order valence-electron chi connectivity index (χ1n) is 5.01. The predicted molar refractivity (Wildman–Crippen MR) is 52.4 cm³/mol. The average Bonchev–Trinajstić information content (AvgIpc) is 2.49. The van der Waals surface area contributed by atoms with Gasteiger partial charge in [0.2, 0.25) is 0 Å². The number of nitrogens with two attached hydrogens (primary N) is 1. The Labute approximate surface area is 80.3 Å². The molecule has 1 saturated carbocycles. The summed E-state index contributed by atoms with van der Waals surface area (Å²) >= 11 is 0. The van der Waals surface area contributed by atoms with Crippen molar-refractivity contribution in [1.82, 2.24) is 0 Å². The van der Waals surface area contributed by atoms with Crippen molar-refractivity contribution >= 4 is 0 Å². The number of methoxy groups -OCH3 is 1. The van der Waals surface area contributed by atoms with Crippen molar-refractivity contribution in [2.75, 3.05) is 20.3 Å². The van der Waals surface area contributed by atoms with Crippen molar-refractivity contribution in [1.29, 1.82) is 0 Å². The van der Waals surface area contributed by atoms with Crippen LogP contribution >= 0.6 is 0 Å². The zero-order valence-electron chi connectivity index (χ0n) is 8.62. The summed E-state index contributed by atoms with van der Waals surface area (Å²) in [5.74, 6) is 0.690. The maximum atomic E-state index is 9.91. The van der Waals surface area contributed by atoms with Gasteiger partial charge in [0.15, 0.2) is 0 Å². The maximum absolute atomic E-state index is 9.91. The summed E-state index contributed by atoms with van der Waals surface area (Å²) in [6, 6.07) is 0. The molecule has 3 unspecified atom stereocenters. The van der Waals surface area contributed by atoms with Gasteiger partial charge in [-0.3, -0.25) is 0 Å². The summed E-state index contributed by atoms with van der Waals surface area (Å²) < 4.78 is 4.97. The van der Waals surface area contributed by atoms with Crippen molar-refractivity contribution < 1.29 is 9.84 Å². The van der Waals surface area contributed by atoms with Crippen LogP contribution < -0.4 is 5.73 Å². The highest BCUT2D eigenvalue weighted by molar-refractivity contribution is 4.93. The number of hydrogen-bond acceptors (Lipinski definition) is 3. The van der Waals surface area contributed by atoms with E-state index in [4.69, 9.17) is 10.5 Å². The number of aliphatic hydroxyl groups excluding tert-OH is 1. The minimum Gasteiger partial charge on any atom is -0.390 e. The summed E-state index contributed by atoms with van der Waals surface area (Å²) in [4.78, 5) is 0. The highest BCUT2D eigenvalue weighted by Crippen LogP contribution is 2.43. The number of aliphatic hydroxyl groups is 1. The second-order valence-electron chi connectivity index (χ2n) is 4.39. The Morgan fingerprint density at radius 3 is 2.77 bits per heavy atom. The maximum Gasteiger partial charge on any atom is 0.0841 e. The van der Waals surface area contributed by atoms with Crippen LogP contribution in [-0.4, -0.2) is 31.5 Å². The second-order valence-corrected chi connectivity index (χ2v) is 4.39. The summed E-state index contributed by atoms with van der Waals surface area (Å²) in [7, 11) is 1.62. The van der Waals surface area contributed by atoms with Crippen LogP contribution in [0.4, 0.5) is 0 Å². The first-order chi connectivity index (χ1) is 6.14. The molecule has 0 aliphatic heterocycles. The lowest BCUT2D eigenvalue weighted by Gasteiger charge is -2.32. The molecule has 0 spiro atoms. The van der Waals surface area contributed by atoms with Crippen LogP contribution in [0.2, 0.25) is 0 Å². The third-order valence-electron chi connectivity index (χ3n) is 3.33. The Morgan fingerprint density at radius 2 is 2.38 bits per heavy atom. The van der Waals surface area contributed by atoms with Crippen LogP contribution in [0, 0.1) is 11.3 Å². The van der Waals surface area contributed by atoms with Crippen molar-refractivity contribution in [3.8, 4) is 0 Å². The fourth-order valence-electron chi connectivity index (χ4n) is 2.39. The molecule has 1 aliphatic carbocycles. The molecule has 3 atom stereocenters. The molecule has 3 heteroatoms. The van der Waals surface area contributed by atoms with E-state index in [1.165, 1.54) is 6.42 Å². The summed E-state index contributed by atoms with van der Waals surface area (Å²) in [5, 5.41) is 9.91. The lowest BCUT2D eigenvalue weighted by atomic mass is 9.80. The lowest BCUT2D eigenvalue weighted by molar-refractivity contribution is -0.0240. The highest BCUT2D eigenvalue weighted by Gasteiger charge is 2.42. The molecule has 0 saturated heterocycles. The van der Waals surface area contributed by atoms with E-state index in [1.807, 2.05) is 0 Å². The molecule has 0 aromatic rings. The molecule has 0 heterocycles. The van der Waals surface area contributed by atoms with Gasteiger partial charge in [-0.15, -0.1) is 0 Å². The van der Waals surface area contributed by atoms with E-state index in [2.05, 4.69) is 6.92 Å². The number of hydrogen-bond donors (Lipinski definition) is 2. The van der Waals surface area contributed by atoms with Gasteiger partial charge in [-0.05, 0) is 18.8 Å². The normalized spacial score (nSPS) is 36.5. The number of ether oxygens (including phenoxy) is 1. The van der Waals surface area contributed by atoms with Crippen LogP contribution in [0.3, 0.4) is 0 Å². The smallest absolute Gasteiger partial charge is 0.0841 e. The molecule has 1 rings (SSSR count). The third-order valence-corrected chi connectivity index (χ3v) is 3.33. The van der Waals surface area contributed by atoms with Crippen LogP contribution in [0.1, 0.15) is 26.2 Å². The third kappa shape index (κ3) is 2.22. The van der Waals surface area contributed by atoms with Gasteiger partial charge in [0.05, 0.1) is 12.7 Å². The minimum absolute atomic E-state index is 0.0740. The van der Waals surface area contributed by atoms with Crippen LogP contribution in [0.15, 0.2) is 0 Å². The molecule has 78 valence electrons. The SMILES string of the molecule is COCC(O)C1(CN)CCC(C)C1. The molecule has 0 aromatic heterocycles. The Hall–Kier alpha value is -0.120. The van der Waals surface area contributed by atoms with E-state index >= 15 is 0 Å². The summed E-state index contributed by atoms with van der Waals surface area (Å²) in [6.07, 6.45) is 2.86. The van der Waals surface area contributed by atoms with Gasteiger partial charge in [0, 0.05) is 19.1 Å². The molecule has 1 fully saturated rings. The van der Waals surface area contributed by atoms with Gasteiger partial charge in [-0.1, -0.05) is 13.3 Å². The van der Waals surface area contributed by atoms with E-state index in [0.717, 1.165) is 12.8 Å². The molecular weight excluding hydrogens is 166 g/mol. The first-order valence-corrected chi connectivity index (χ1v) is 5.01. The largest absolute Gasteiger partial charge is 0.390 e. The second kappa shape index (κ2) is 4.40. The van der Waals surface area contributed by atoms with Crippen LogP contribution in [0.5, 0.6) is 0 Å². The standard InChI is InChI=1S/C10H21NO2/c1-8-3-4-10(5-8,7-11)9(12)6-13-2/h8-9,12H,3-7,11H2,1-2H3. The first kappa shape index (κ1) is 11.0. The van der Waals surface area contributed by atoms with Gasteiger partial charge < -0.3 is 15.6 Å².